The molecule has 5 nitrogen and oxygen atoms in total. The molecule has 2 aliphatic heterocycles. The van der Waals surface area contributed by atoms with E-state index in [1.54, 1.807) is 29.2 Å². The normalized spacial score (nSPS) is 19.7. The van der Waals surface area contributed by atoms with E-state index in [-0.39, 0.29) is 11.8 Å². The van der Waals surface area contributed by atoms with Gasteiger partial charge >= 0.3 is 0 Å². The molecule has 0 radical (unpaired) electrons. The summed E-state index contributed by atoms with van der Waals surface area (Å²) in [5.41, 5.74) is 2.67. The number of rotatable bonds is 2. The van der Waals surface area contributed by atoms with Gasteiger partial charge in [0, 0.05) is 32.6 Å². The van der Waals surface area contributed by atoms with Crippen LogP contribution in [-0.4, -0.2) is 53.8 Å². The average Bonchev–Trinajstić information content (AvgIpc) is 3.02. The van der Waals surface area contributed by atoms with Gasteiger partial charge < -0.3 is 15.1 Å². The SMILES string of the molecule is O=C(C1Cc2ccccc2CN1C(=O)c1ccccc1Cl)N1CCCNCC1. The largest absolute Gasteiger partial charge is 0.340 e. The summed E-state index contributed by atoms with van der Waals surface area (Å²) in [5, 5.41) is 3.74. The smallest absolute Gasteiger partial charge is 0.256 e. The molecular weight excluding hydrogens is 374 g/mol. The average molecular weight is 398 g/mol. The fourth-order valence-electron chi connectivity index (χ4n) is 4.02. The second-order valence-electron chi connectivity index (χ2n) is 7.33. The topological polar surface area (TPSA) is 52.7 Å². The maximum Gasteiger partial charge on any atom is 0.256 e. The van der Waals surface area contributed by atoms with E-state index in [1.165, 1.54) is 0 Å². The molecule has 0 aromatic heterocycles. The van der Waals surface area contributed by atoms with Gasteiger partial charge in [-0.1, -0.05) is 48.0 Å². The lowest BCUT2D eigenvalue weighted by Crippen LogP contribution is -2.54. The maximum atomic E-state index is 13.4. The molecule has 1 N–H and O–H groups in total. The van der Waals surface area contributed by atoms with Crippen LogP contribution in [0.5, 0.6) is 0 Å². The first kappa shape index (κ1) is 19.0. The number of hydrogen-bond donors (Lipinski definition) is 1. The van der Waals surface area contributed by atoms with E-state index in [9.17, 15) is 9.59 Å². The molecule has 2 heterocycles. The van der Waals surface area contributed by atoms with Crippen LogP contribution in [0.1, 0.15) is 27.9 Å². The van der Waals surface area contributed by atoms with Crippen LogP contribution in [0.4, 0.5) is 0 Å². The summed E-state index contributed by atoms with van der Waals surface area (Å²) < 4.78 is 0. The van der Waals surface area contributed by atoms with Crippen LogP contribution in [-0.2, 0) is 17.8 Å². The van der Waals surface area contributed by atoms with Crippen LogP contribution in [0.3, 0.4) is 0 Å². The van der Waals surface area contributed by atoms with Gasteiger partial charge in [0.15, 0.2) is 0 Å². The number of fused-ring (bicyclic) bond motifs is 1. The number of nitrogens with zero attached hydrogens (tertiary/aromatic N) is 2. The molecule has 2 amide bonds. The van der Waals surface area contributed by atoms with Gasteiger partial charge in [0.2, 0.25) is 5.91 Å². The zero-order valence-electron chi connectivity index (χ0n) is 15.7. The molecule has 0 aliphatic carbocycles. The highest BCUT2D eigenvalue weighted by Crippen LogP contribution is 2.28. The third-order valence-corrected chi connectivity index (χ3v) is 5.88. The van der Waals surface area contributed by atoms with Gasteiger partial charge in [-0.3, -0.25) is 9.59 Å². The fraction of sp³-hybridized carbons (Fsp3) is 0.364. The molecular formula is C22H24ClN3O2. The van der Waals surface area contributed by atoms with Crippen molar-refractivity contribution in [1.82, 2.24) is 15.1 Å². The minimum absolute atomic E-state index is 0.0265. The van der Waals surface area contributed by atoms with E-state index < -0.39 is 6.04 Å². The van der Waals surface area contributed by atoms with E-state index in [4.69, 9.17) is 11.6 Å². The molecule has 2 aromatic carbocycles. The number of nitrogens with one attached hydrogen (secondary N) is 1. The molecule has 0 spiro atoms. The Balaban J connectivity index is 1.67. The summed E-state index contributed by atoms with van der Waals surface area (Å²) in [6, 6.07) is 14.6. The van der Waals surface area contributed by atoms with Crippen LogP contribution < -0.4 is 5.32 Å². The van der Waals surface area contributed by atoms with E-state index >= 15 is 0 Å². The van der Waals surface area contributed by atoms with Gasteiger partial charge in [-0.25, -0.2) is 0 Å². The predicted octanol–water partition coefficient (Wildman–Crippen LogP) is 2.73. The van der Waals surface area contributed by atoms with E-state index in [0.29, 0.717) is 30.1 Å². The highest BCUT2D eigenvalue weighted by molar-refractivity contribution is 6.33. The predicted molar refractivity (Wildman–Crippen MR) is 109 cm³/mol. The van der Waals surface area contributed by atoms with Crippen molar-refractivity contribution >= 4 is 23.4 Å². The number of hydrogen-bond acceptors (Lipinski definition) is 3. The van der Waals surface area contributed by atoms with Crippen molar-refractivity contribution < 1.29 is 9.59 Å². The minimum Gasteiger partial charge on any atom is -0.340 e. The summed E-state index contributed by atoms with van der Waals surface area (Å²) in [4.78, 5) is 30.4. The van der Waals surface area contributed by atoms with Crippen molar-refractivity contribution in [1.29, 1.82) is 0 Å². The molecule has 4 rings (SSSR count). The summed E-state index contributed by atoms with van der Waals surface area (Å²) >= 11 is 6.29. The Labute approximate surface area is 170 Å². The zero-order valence-corrected chi connectivity index (χ0v) is 16.5. The molecule has 0 saturated carbocycles. The van der Waals surface area contributed by atoms with Crippen LogP contribution in [0.25, 0.3) is 0 Å². The Morgan fingerprint density at radius 1 is 0.964 bits per heavy atom. The lowest BCUT2D eigenvalue weighted by atomic mass is 9.92. The van der Waals surface area contributed by atoms with Gasteiger partial charge in [0.1, 0.15) is 6.04 Å². The molecule has 1 saturated heterocycles. The minimum atomic E-state index is -0.503. The van der Waals surface area contributed by atoms with Crippen molar-refractivity contribution in [2.45, 2.75) is 25.4 Å². The van der Waals surface area contributed by atoms with Gasteiger partial charge in [-0.05, 0) is 36.2 Å². The number of halogens is 1. The summed E-state index contributed by atoms with van der Waals surface area (Å²) in [6.07, 6.45) is 1.46. The third-order valence-electron chi connectivity index (χ3n) is 5.55. The van der Waals surface area contributed by atoms with E-state index in [1.807, 2.05) is 23.1 Å². The second-order valence-corrected chi connectivity index (χ2v) is 7.74. The Morgan fingerprint density at radius 3 is 2.54 bits per heavy atom. The van der Waals surface area contributed by atoms with E-state index in [2.05, 4.69) is 11.4 Å². The van der Waals surface area contributed by atoms with Gasteiger partial charge in [-0.2, -0.15) is 0 Å². The first-order valence-electron chi connectivity index (χ1n) is 9.77. The van der Waals surface area contributed by atoms with Gasteiger partial charge in [0.25, 0.3) is 5.91 Å². The molecule has 2 aromatic rings. The number of amides is 2. The van der Waals surface area contributed by atoms with Crippen molar-refractivity contribution in [3.8, 4) is 0 Å². The molecule has 1 unspecified atom stereocenters. The van der Waals surface area contributed by atoms with E-state index in [0.717, 1.165) is 37.2 Å². The lowest BCUT2D eigenvalue weighted by molar-refractivity contribution is -0.136. The Hall–Kier alpha value is -2.37. The Bertz CT molecular complexity index is 878. The number of carbonyl (C=O) groups is 2. The second kappa shape index (κ2) is 8.33. The van der Waals surface area contributed by atoms with Crippen LogP contribution in [0.2, 0.25) is 5.02 Å². The van der Waals surface area contributed by atoms with Crippen molar-refractivity contribution in [2.24, 2.45) is 0 Å². The molecule has 6 heteroatoms. The molecule has 146 valence electrons. The standard InChI is InChI=1S/C22H24ClN3O2/c23-19-9-4-3-8-18(19)21(27)26-15-17-7-2-1-6-16(17)14-20(26)22(28)25-12-5-10-24-11-13-25/h1-4,6-9,20,24H,5,10-15H2. The van der Waals surface area contributed by atoms with Crippen LogP contribution in [0.15, 0.2) is 48.5 Å². The fourth-order valence-corrected chi connectivity index (χ4v) is 4.24. The number of carbonyl (C=O) groups excluding carboxylic acids is 2. The highest BCUT2D eigenvalue weighted by Gasteiger charge is 2.37. The molecule has 28 heavy (non-hydrogen) atoms. The molecule has 0 bridgehead atoms. The number of benzene rings is 2. The van der Waals surface area contributed by atoms with Crippen molar-refractivity contribution in [2.75, 3.05) is 26.2 Å². The third kappa shape index (κ3) is 3.77. The Morgan fingerprint density at radius 2 is 1.71 bits per heavy atom. The summed E-state index contributed by atoms with van der Waals surface area (Å²) in [5.74, 6) is -0.162. The van der Waals surface area contributed by atoms with Crippen molar-refractivity contribution in [3.05, 3.63) is 70.2 Å². The zero-order chi connectivity index (χ0) is 19.5. The van der Waals surface area contributed by atoms with Crippen LogP contribution >= 0.6 is 11.6 Å². The van der Waals surface area contributed by atoms with Crippen molar-refractivity contribution in [3.63, 3.8) is 0 Å². The van der Waals surface area contributed by atoms with Gasteiger partial charge in [0.05, 0.1) is 10.6 Å². The lowest BCUT2D eigenvalue weighted by Gasteiger charge is -2.38. The summed E-state index contributed by atoms with van der Waals surface area (Å²) in [7, 11) is 0. The quantitative estimate of drug-likeness (QED) is 0.847. The highest BCUT2D eigenvalue weighted by atomic mass is 35.5. The monoisotopic (exact) mass is 397 g/mol. The summed E-state index contributed by atoms with van der Waals surface area (Å²) in [6.45, 7) is 3.51. The maximum absolute atomic E-state index is 13.4. The van der Waals surface area contributed by atoms with Crippen LogP contribution in [0, 0.1) is 0 Å². The Kier molecular flexibility index (Phi) is 5.64. The molecule has 1 atom stereocenters. The molecule has 2 aliphatic rings. The first-order valence-corrected chi connectivity index (χ1v) is 10.1. The first-order chi connectivity index (χ1) is 13.6. The van der Waals surface area contributed by atoms with Gasteiger partial charge in [-0.15, -0.1) is 0 Å². The molecule has 1 fully saturated rings.